The molecule has 0 fully saturated rings. The Balaban J connectivity index is 1.60. The van der Waals surface area contributed by atoms with E-state index in [1.807, 2.05) is 48.5 Å². The SMILES string of the molecule is COc1ccccc1NC(=S)Nc1cccc(SC(C)C(=O)Nc2cccc(C(F)(F)F)c2)c1. The zero-order chi connectivity index (χ0) is 24.7. The number of amides is 1. The van der Waals surface area contributed by atoms with E-state index in [-0.39, 0.29) is 5.69 Å². The maximum absolute atomic E-state index is 12.9. The molecular formula is C24H22F3N3O2S2. The standard InChI is InChI=1S/C24H22F3N3O2S2/c1-15(22(31)28-17-8-5-7-16(13-17)24(25,26)27)34-19-10-6-9-18(14-19)29-23(33)30-20-11-3-4-12-21(20)32-2/h3-15H,1-2H3,(H,28,31)(H2,29,30,33). The smallest absolute Gasteiger partial charge is 0.416 e. The van der Waals surface area contributed by atoms with Crippen molar-refractivity contribution in [2.24, 2.45) is 0 Å². The first kappa shape index (κ1) is 25.4. The molecule has 0 aliphatic heterocycles. The third-order valence-electron chi connectivity index (χ3n) is 4.59. The van der Waals surface area contributed by atoms with Crippen LogP contribution in [0.2, 0.25) is 0 Å². The van der Waals surface area contributed by atoms with E-state index in [9.17, 15) is 18.0 Å². The molecule has 0 radical (unpaired) electrons. The molecule has 1 amide bonds. The van der Waals surface area contributed by atoms with Crippen LogP contribution < -0.4 is 20.7 Å². The number of thiocarbonyl (C=S) groups is 1. The number of methoxy groups -OCH3 is 1. The molecule has 3 rings (SSSR count). The van der Waals surface area contributed by atoms with Crippen molar-refractivity contribution in [1.82, 2.24) is 0 Å². The molecule has 10 heteroatoms. The van der Waals surface area contributed by atoms with Crippen LogP contribution in [0.3, 0.4) is 0 Å². The van der Waals surface area contributed by atoms with Crippen molar-refractivity contribution < 1.29 is 22.7 Å². The van der Waals surface area contributed by atoms with Gasteiger partial charge in [-0.1, -0.05) is 24.3 Å². The number of carbonyl (C=O) groups is 1. The number of ether oxygens (including phenoxy) is 1. The van der Waals surface area contributed by atoms with Gasteiger partial charge in [0.25, 0.3) is 0 Å². The number of alkyl halides is 3. The number of thioether (sulfide) groups is 1. The Hall–Kier alpha value is -3.24. The molecule has 0 bridgehead atoms. The molecule has 5 nitrogen and oxygen atoms in total. The van der Waals surface area contributed by atoms with Crippen molar-refractivity contribution in [3.8, 4) is 5.75 Å². The highest BCUT2D eigenvalue weighted by Crippen LogP contribution is 2.31. The minimum atomic E-state index is -4.48. The van der Waals surface area contributed by atoms with E-state index in [1.54, 1.807) is 14.0 Å². The zero-order valence-corrected chi connectivity index (χ0v) is 19.9. The average Bonchev–Trinajstić information content (AvgIpc) is 2.79. The monoisotopic (exact) mass is 505 g/mol. The minimum Gasteiger partial charge on any atom is -0.495 e. The van der Waals surface area contributed by atoms with E-state index in [2.05, 4.69) is 16.0 Å². The maximum Gasteiger partial charge on any atom is 0.416 e. The van der Waals surface area contributed by atoms with Crippen LogP contribution in [-0.4, -0.2) is 23.4 Å². The minimum absolute atomic E-state index is 0.0930. The highest BCUT2D eigenvalue weighted by Gasteiger charge is 2.30. The summed E-state index contributed by atoms with van der Waals surface area (Å²) in [5.74, 6) is 0.243. The number of benzene rings is 3. The van der Waals surface area contributed by atoms with Crippen molar-refractivity contribution in [1.29, 1.82) is 0 Å². The number of anilines is 3. The molecule has 0 heterocycles. The van der Waals surface area contributed by atoms with E-state index in [4.69, 9.17) is 17.0 Å². The summed E-state index contributed by atoms with van der Waals surface area (Å²) >= 11 is 6.65. The van der Waals surface area contributed by atoms with Gasteiger partial charge in [-0.2, -0.15) is 13.2 Å². The lowest BCUT2D eigenvalue weighted by Crippen LogP contribution is -2.22. The summed E-state index contributed by atoms with van der Waals surface area (Å²) in [6.45, 7) is 1.68. The summed E-state index contributed by atoms with van der Waals surface area (Å²) < 4.78 is 44.0. The van der Waals surface area contributed by atoms with Crippen LogP contribution in [0.5, 0.6) is 5.75 Å². The molecule has 0 spiro atoms. The molecule has 34 heavy (non-hydrogen) atoms. The second-order valence-corrected chi connectivity index (χ2v) is 8.96. The molecule has 3 aromatic carbocycles. The predicted octanol–water partition coefficient (Wildman–Crippen LogP) is 6.64. The van der Waals surface area contributed by atoms with Crippen molar-refractivity contribution in [2.75, 3.05) is 23.1 Å². The molecule has 178 valence electrons. The highest BCUT2D eigenvalue weighted by molar-refractivity contribution is 8.00. The quantitative estimate of drug-likeness (QED) is 0.247. The van der Waals surface area contributed by atoms with Gasteiger partial charge in [-0.3, -0.25) is 4.79 Å². The molecule has 0 aliphatic rings. The van der Waals surface area contributed by atoms with Gasteiger partial charge in [0.05, 0.1) is 23.6 Å². The fourth-order valence-corrected chi connectivity index (χ4v) is 4.11. The normalized spacial score (nSPS) is 11.9. The van der Waals surface area contributed by atoms with Crippen LogP contribution in [0.4, 0.5) is 30.2 Å². The molecule has 1 unspecified atom stereocenters. The van der Waals surface area contributed by atoms with Crippen molar-refractivity contribution in [3.63, 3.8) is 0 Å². The first-order valence-electron chi connectivity index (χ1n) is 10.1. The Labute approximate surface area is 205 Å². The molecule has 0 aromatic heterocycles. The summed E-state index contributed by atoms with van der Waals surface area (Å²) in [4.78, 5) is 13.3. The van der Waals surface area contributed by atoms with Gasteiger partial charge in [-0.05, 0) is 67.7 Å². The van der Waals surface area contributed by atoms with Crippen LogP contribution in [0, 0.1) is 0 Å². The first-order valence-corrected chi connectivity index (χ1v) is 11.4. The van der Waals surface area contributed by atoms with Gasteiger partial charge in [-0.25, -0.2) is 0 Å². The van der Waals surface area contributed by atoms with Crippen LogP contribution in [0.15, 0.2) is 77.7 Å². The van der Waals surface area contributed by atoms with Crippen molar-refractivity contribution >= 4 is 52.1 Å². The number of halogens is 3. The topological polar surface area (TPSA) is 62.4 Å². The number of nitrogens with one attached hydrogen (secondary N) is 3. The Morgan fingerprint density at radius 2 is 1.62 bits per heavy atom. The Morgan fingerprint density at radius 3 is 2.32 bits per heavy atom. The lowest BCUT2D eigenvalue weighted by molar-refractivity contribution is -0.137. The van der Waals surface area contributed by atoms with E-state index in [0.717, 1.165) is 17.0 Å². The van der Waals surface area contributed by atoms with Crippen LogP contribution in [0.25, 0.3) is 0 Å². The summed E-state index contributed by atoms with van der Waals surface area (Å²) in [6.07, 6.45) is -4.48. The van der Waals surface area contributed by atoms with Crippen LogP contribution in [0.1, 0.15) is 12.5 Å². The van der Waals surface area contributed by atoms with E-state index in [1.165, 1.54) is 23.9 Å². The molecule has 1 atom stereocenters. The van der Waals surface area contributed by atoms with Crippen LogP contribution in [-0.2, 0) is 11.0 Å². The van der Waals surface area contributed by atoms with Gasteiger partial charge in [0.15, 0.2) is 5.11 Å². The van der Waals surface area contributed by atoms with Gasteiger partial charge in [0.1, 0.15) is 5.75 Å². The average molecular weight is 506 g/mol. The Kier molecular flexibility index (Phi) is 8.41. The van der Waals surface area contributed by atoms with Gasteiger partial charge in [0, 0.05) is 16.3 Å². The molecule has 0 aliphatic carbocycles. The fraction of sp³-hybridized carbons (Fsp3) is 0.167. The van der Waals surface area contributed by atoms with E-state index < -0.39 is 22.9 Å². The van der Waals surface area contributed by atoms with E-state index >= 15 is 0 Å². The third kappa shape index (κ3) is 7.13. The Bertz CT molecular complexity index is 1170. The molecular weight excluding hydrogens is 483 g/mol. The van der Waals surface area contributed by atoms with Crippen molar-refractivity contribution in [3.05, 3.63) is 78.4 Å². The predicted molar refractivity (Wildman–Crippen MR) is 135 cm³/mol. The first-order chi connectivity index (χ1) is 16.2. The lowest BCUT2D eigenvalue weighted by atomic mass is 10.2. The summed E-state index contributed by atoms with van der Waals surface area (Å²) in [6, 6.07) is 19.2. The molecule has 0 saturated carbocycles. The maximum atomic E-state index is 12.9. The summed E-state index contributed by atoms with van der Waals surface area (Å²) in [7, 11) is 1.57. The highest BCUT2D eigenvalue weighted by atomic mass is 32.2. The molecule has 3 N–H and O–H groups in total. The zero-order valence-electron chi connectivity index (χ0n) is 18.3. The van der Waals surface area contributed by atoms with Crippen LogP contribution >= 0.6 is 24.0 Å². The molecule has 0 saturated heterocycles. The second kappa shape index (κ2) is 11.3. The summed E-state index contributed by atoms with van der Waals surface area (Å²) in [5, 5.41) is 8.52. The number of para-hydroxylation sites is 2. The number of rotatable bonds is 7. The van der Waals surface area contributed by atoms with Gasteiger partial charge in [0.2, 0.25) is 5.91 Å². The number of carbonyl (C=O) groups excluding carboxylic acids is 1. The number of hydrogen-bond acceptors (Lipinski definition) is 4. The lowest BCUT2D eigenvalue weighted by Gasteiger charge is -2.15. The van der Waals surface area contributed by atoms with Gasteiger partial charge >= 0.3 is 6.18 Å². The van der Waals surface area contributed by atoms with E-state index in [0.29, 0.717) is 22.2 Å². The summed E-state index contributed by atoms with van der Waals surface area (Å²) in [5.41, 5.74) is 0.702. The Morgan fingerprint density at radius 1 is 0.941 bits per heavy atom. The van der Waals surface area contributed by atoms with Gasteiger partial charge in [-0.15, -0.1) is 11.8 Å². The largest absolute Gasteiger partial charge is 0.495 e. The second-order valence-electron chi connectivity index (χ2n) is 7.14. The van der Waals surface area contributed by atoms with Crippen molar-refractivity contribution in [2.45, 2.75) is 23.2 Å². The third-order valence-corrected chi connectivity index (χ3v) is 5.88. The number of hydrogen-bond donors (Lipinski definition) is 3. The molecule has 3 aromatic rings. The fourth-order valence-electron chi connectivity index (χ4n) is 2.95. The van der Waals surface area contributed by atoms with Gasteiger partial charge < -0.3 is 20.7 Å².